The summed E-state index contributed by atoms with van der Waals surface area (Å²) >= 11 is 7.57. The van der Waals surface area contributed by atoms with Crippen molar-refractivity contribution in [3.63, 3.8) is 0 Å². The van der Waals surface area contributed by atoms with E-state index in [4.69, 9.17) is 11.6 Å². The van der Waals surface area contributed by atoms with E-state index in [1.165, 1.54) is 17.3 Å². The van der Waals surface area contributed by atoms with E-state index in [0.717, 1.165) is 28.9 Å². The van der Waals surface area contributed by atoms with E-state index in [1.807, 2.05) is 85.8 Å². The van der Waals surface area contributed by atoms with Crippen molar-refractivity contribution in [2.75, 3.05) is 12.3 Å². The zero-order chi connectivity index (χ0) is 25.0. The summed E-state index contributed by atoms with van der Waals surface area (Å²) in [4.78, 5) is 29.8. The number of rotatable bonds is 12. The normalized spacial score (nSPS) is 11.6. The topological polar surface area (TPSA) is 49.4 Å². The van der Waals surface area contributed by atoms with Crippen LogP contribution in [0.5, 0.6) is 0 Å². The molecule has 6 heteroatoms. The minimum absolute atomic E-state index is 0.0721. The van der Waals surface area contributed by atoms with E-state index in [9.17, 15) is 9.59 Å². The van der Waals surface area contributed by atoms with Crippen molar-refractivity contribution < 1.29 is 9.59 Å². The van der Waals surface area contributed by atoms with Crippen LogP contribution in [-0.2, 0) is 22.6 Å². The van der Waals surface area contributed by atoms with Crippen LogP contribution in [-0.4, -0.2) is 35.1 Å². The van der Waals surface area contributed by atoms with Crippen LogP contribution >= 0.6 is 23.4 Å². The predicted octanol–water partition coefficient (Wildman–Crippen LogP) is 6.30. The number of hydrogen-bond donors (Lipinski definition) is 1. The predicted molar refractivity (Wildman–Crippen MR) is 146 cm³/mol. The first kappa shape index (κ1) is 26.8. The molecule has 2 amide bonds. The number of aryl methyl sites for hydroxylation is 1. The molecule has 0 saturated carbocycles. The highest BCUT2D eigenvalue weighted by Gasteiger charge is 2.30. The second kappa shape index (κ2) is 14.0. The number of carbonyl (C=O) groups excluding carboxylic acids is 2. The molecular weight excluding hydrogens is 476 g/mol. The number of benzene rings is 3. The maximum Gasteiger partial charge on any atom is 0.243 e. The highest BCUT2D eigenvalue weighted by Crippen LogP contribution is 2.22. The number of nitrogens with zero attached hydrogens (tertiary/aromatic N) is 1. The van der Waals surface area contributed by atoms with Crippen molar-refractivity contribution in [3.8, 4) is 0 Å². The number of halogens is 1. The summed E-state index contributed by atoms with van der Waals surface area (Å²) in [6.07, 6.45) is 2.34. The average Bonchev–Trinajstić information content (AvgIpc) is 2.87. The molecule has 184 valence electrons. The van der Waals surface area contributed by atoms with Gasteiger partial charge in [-0.25, -0.2) is 0 Å². The third kappa shape index (κ3) is 8.75. The Kier molecular flexibility index (Phi) is 10.7. The van der Waals surface area contributed by atoms with E-state index in [-0.39, 0.29) is 17.6 Å². The third-order valence-corrected chi connectivity index (χ3v) is 7.00. The summed E-state index contributed by atoms with van der Waals surface area (Å²) < 4.78 is 0. The second-order valence-electron chi connectivity index (χ2n) is 8.60. The van der Waals surface area contributed by atoms with Crippen LogP contribution in [0.2, 0.25) is 5.02 Å². The van der Waals surface area contributed by atoms with E-state index in [2.05, 4.69) is 12.2 Å². The summed E-state index contributed by atoms with van der Waals surface area (Å²) in [6, 6.07) is 24.8. The van der Waals surface area contributed by atoms with Gasteiger partial charge in [-0.2, -0.15) is 0 Å². The summed E-state index contributed by atoms with van der Waals surface area (Å²) in [5.74, 6) is 0.0616. The van der Waals surface area contributed by atoms with Crippen LogP contribution in [0.1, 0.15) is 36.5 Å². The van der Waals surface area contributed by atoms with Crippen molar-refractivity contribution in [3.05, 3.63) is 101 Å². The molecule has 0 unspecified atom stereocenters. The summed E-state index contributed by atoms with van der Waals surface area (Å²) in [5.41, 5.74) is 3.13. The van der Waals surface area contributed by atoms with Crippen LogP contribution in [0.15, 0.2) is 83.8 Å². The number of unbranched alkanes of at least 4 members (excludes halogenated alkanes) is 1. The number of thioether (sulfide) groups is 1. The molecule has 0 radical (unpaired) electrons. The smallest absolute Gasteiger partial charge is 0.243 e. The zero-order valence-electron chi connectivity index (χ0n) is 20.4. The van der Waals surface area contributed by atoms with Gasteiger partial charge >= 0.3 is 0 Å². The molecule has 0 aliphatic carbocycles. The Balaban J connectivity index is 1.86. The molecule has 0 aliphatic heterocycles. The van der Waals surface area contributed by atoms with Gasteiger partial charge in [0.2, 0.25) is 11.8 Å². The largest absolute Gasteiger partial charge is 0.354 e. The first-order chi connectivity index (χ1) is 17.0. The molecule has 1 N–H and O–H groups in total. The van der Waals surface area contributed by atoms with Crippen LogP contribution in [0.3, 0.4) is 0 Å². The van der Waals surface area contributed by atoms with Gasteiger partial charge < -0.3 is 10.2 Å². The van der Waals surface area contributed by atoms with Gasteiger partial charge in [-0.05, 0) is 48.7 Å². The summed E-state index contributed by atoms with van der Waals surface area (Å²) in [5, 5.41) is 3.69. The molecule has 1 atom stereocenters. The average molecular weight is 509 g/mol. The highest BCUT2D eigenvalue weighted by molar-refractivity contribution is 8.00. The first-order valence-corrected chi connectivity index (χ1v) is 13.4. The van der Waals surface area contributed by atoms with E-state index in [0.29, 0.717) is 24.5 Å². The Morgan fingerprint density at radius 2 is 1.63 bits per heavy atom. The van der Waals surface area contributed by atoms with Crippen LogP contribution in [0.25, 0.3) is 0 Å². The fourth-order valence-electron chi connectivity index (χ4n) is 3.71. The van der Waals surface area contributed by atoms with E-state index in [1.54, 1.807) is 4.90 Å². The van der Waals surface area contributed by atoms with Gasteiger partial charge in [0.1, 0.15) is 6.04 Å². The van der Waals surface area contributed by atoms with E-state index < -0.39 is 6.04 Å². The maximum absolute atomic E-state index is 13.6. The van der Waals surface area contributed by atoms with E-state index >= 15 is 0 Å². The standard InChI is InChI=1S/C29H33ClN2O2S/c1-3-4-18-31-29(34)27(19-23-8-6-5-7-9-23)32(20-24-12-14-25(30)15-13-24)28(33)21-35-26-16-10-22(2)11-17-26/h5-17,27H,3-4,18-21H2,1-2H3,(H,31,34)/t27-/m1/s1. The van der Waals surface area contributed by atoms with Crippen LogP contribution in [0.4, 0.5) is 0 Å². The highest BCUT2D eigenvalue weighted by atomic mass is 35.5. The van der Waals surface area contributed by atoms with Crippen molar-refractivity contribution in [2.45, 2.75) is 50.6 Å². The Hall–Kier alpha value is -2.76. The Bertz CT molecular complexity index is 1070. The minimum Gasteiger partial charge on any atom is -0.354 e. The molecule has 3 rings (SSSR count). The molecule has 0 spiro atoms. The summed E-state index contributed by atoms with van der Waals surface area (Å²) in [7, 11) is 0. The first-order valence-electron chi connectivity index (χ1n) is 12.0. The molecule has 0 bridgehead atoms. The quantitative estimate of drug-likeness (QED) is 0.231. The van der Waals surface area contributed by atoms with Gasteiger partial charge in [0.05, 0.1) is 5.75 Å². The number of amides is 2. The molecule has 3 aromatic carbocycles. The van der Waals surface area contributed by atoms with Crippen LogP contribution in [0, 0.1) is 6.92 Å². The number of hydrogen-bond acceptors (Lipinski definition) is 3. The van der Waals surface area contributed by atoms with Gasteiger partial charge in [0.15, 0.2) is 0 Å². The molecular formula is C29H33ClN2O2S. The minimum atomic E-state index is -0.615. The van der Waals surface area contributed by atoms with Gasteiger partial charge in [-0.3, -0.25) is 9.59 Å². The van der Waals surface area contributed by atoms with Crippen molar-refractivity contribution in [2.24, 2.45) is 0 Å². The fraction of sp³-hybridized carbons (Fsp3) is 0.310. The zero-order valence-corrected chi connectivity index (χ0v) is 21.9. The van der Waals surface area contributed by atoms with Gasteiger partial charge in [0, 0.05) is 29.4 Å². The Morgan fingerprint density at radius 3 is 2.29 bits per heavy atom. The van der Waals surface area contributed by atoms with Gasteiger partial charge in [0.25, 0.3) is 0 Å². The lowest BCUT2D eigenvalue weighted by Crippen LogP contribution is -2.51. The molecule has 0 aliphatic rings. The number of carbonyl (C=O) groups is 2. The fourth-order valence-corrected chi connectivity index (χ4v) is 4.62. The van der Waals surface area contributed by atoms with Crippen molar-refractivity contribution in [1.82, 2.24) is 10.2 Å². The lowest BCUT2D eigenvalue weighted by Gasteiger charge is -2.31. The lowest BCUT2D eigenvalue weighted by atomic mass is 10.0. The number of nitrogens with one attached hydrogen (secondary N) is 1. The molecule has 0 heterocycles. The molecule has 35 heavy (non-hydrogen) atoms. The third-order valence-electron chi connectivity index (χ3n) is 5.75. The molecule has 4 nitrogen and oxygen atoms in total. The van der Waals surface area contributed by atoms with Crippen molar-refractivity contribution >= 4 is 35.2 Å². The second-order valence-corrected chi connectivity index (χ2v) is 10.1. The summed E-state index contributed by atoms with van der Waals surface area (Å²) in [6.45, 7) is 5.07. The molecule has 0 aromatic heterocycles. The molecule has 0 fully saturated rings. The lowest BCUT2D eigenvalue weighted by molar-refractivity contribution is -0.139. The van der Waals surface area contributed by atoms with Crippen LogP contribution < -0.4 is 5.32 Å². The van der Waals surface area contributed by atoms with Crippen molar-refractivity contribution in [1.29, 1.82) is 0 Å². The molecule has 3 aromatic rings. The monoisotopic (exact) mass is 508 g/mol. The molecule has 0 saturated heterocycles. The van der Waals surface area contributed by atoms with Gasteiger partial charge in [-0.15, -0.1) is 11.8 Å². The SMILES string of the molecule is CCCCNC(=O)[C@@H](Cc1ccccc1)N(Cc1ccc(Cl)cc1)C(=O)CSc1ccc(C)cc1. The Labute approximate surface area is 218 Å². The van der Waals surface area contributed by atoms with Gasteiger partial charge in [-0.1, -0.05) is 85.1 Å². The maximum atomic E-state index is 13.6. The Morgan fingerprint density at radius 1 is 0.943 bits per heavy atom.